The third-order valence-electron chi connectivity index (χ3n) is 3.95. The summed E-state index contributed by atoms with van der Waals surface area (Å²) in [5.41, 5.74) is 0.320. The second kappa shape index (κ2) is 11.0. The summed E-state index contributed by atoms with van der Waals surface area (Å²) in [5.74, 6) is 0.346. The Morgan fingerprint density at radius 3 is 2.38 bits per heavy atom. The highest BCUT2D eigenvalue weighted by atomic mass is 32.2. The fraction of sp³-hybridized carbons (Fsp3) is 0.588. The maximum atomic E-state index is 12.2. The molecule has 1 amide bonds. The molecule has 0 bridgehead atoms. The van der Waals surface area contributed by atoms with Gasteiger partial charge in [0.25, 0.3) is 5.91 Å². The van der Waals surface area contributed by atoms with E-state index in [-0.39, 0.29) is 12.3 Å². The highest BCUT2D eigenvalue weighted by Crippen LogP contribution is 2.24. The van der Waals surface area contributed by atoms with Crippen LogP contribution < -0.4 is 19.5 Å². The third-order valence-corrected chi connectivity index (χ3v) is 5.34. The molecule has 9 heteroatoms. The minimum Gasteiger partial charge on any atom is -0.497 e. The Labute approximate surface area is 155 Å². The van der Waals surface area contributed by atoms with Crippen LogP contribution in [0.2, 0.25) is 0 Å². The summed E-state index contributed by atoms with van der Waals surface area (Å²) in [4.78, 5) is 14.4. The van der Waals surface area contributed by atoms with Crippen LogP contribution in [0, 0.1) is 0 Å². The SMILES string of the molecule is CCN(CC)CCNS(=O)(=O)CCNC(=O)c1ccc(OC)cc1OC. The summed E-state index contributed by atoms with van der Waals surface area (Å²) in [5, 5.41) is 2.60. The van der Waals surface area contributed by atoms with E-state index < -0.39 is 15.9 Å². The van der Waals surface area contributed by atoms with Crippen LogP contribution in [-0.4, -0.2) is 71.9 Å². The summed E-state index contributed by atoms with van der Waals surface area (Å²) in [7, 11) is -0.466. The molecule has 0 fully saturated rings. The standard InChI is InChI=1S/C17H29N3O5S/c1-5-20(6-2)11-9-19-26(22,23)12-10-18-17(21)15-8-7-14(24-3)13-16(15)25-4/h7-8,13,19H,5-6,9-12H2,1-4H3,(H,18,21). The number of rotatable bonds is 12. The molecule has 0 unspecified atom stereocenters. The van der Waals surface area contributed by atoms with Crippen molar-refractivity contribution in [2.75, 3.05) is 52.7 Å². The van der Waals surface area contributed by atoms with E-state index in [1.165, 1.54) is 14.2 Å². The molecule has 0 aliphatic heterocycles. The monoisotopic (exact) mass is 387 g/mol. The molecule has 0 heterocycles. The number of hydrogen-bond donors (Lipinski definition) is 2. The van der Waals surface area contributed by atoms with Gasteiger partial charge in [0, 0.05) is 25.7 Å². The fourth-order valence-corrected chi connectivity index (χ4v) is 3.27. The number of likely N-dealkylation sites (N-methyl/N-ethyl adjacent to an activating group) is 1. The van der Waals surface area contributed by atoms with Crippen LogP contribution in [0.3, 0.4) is 0 Å². The zero-order valence-corrected chi connectivity index (χ0v) is 16.7. The highest BCUT2D eigenvalue weighted by Gasteiger charge is 2.15. The normalized spacial score (nSPS) is 11.4. The van der Waals surface area contributed by atoms with E-state index in [1.807, 2.05) is 13.8 Å². The second-order valence-corrected chi connectivity index (χ2v) is 7.49. The molecule has 0 saturated heterocycles. The zero-order valence-electron chi connectivity index (χ0n) is 15.9. The van der Waals surface area contributed by atoms with Gasteiger partial charge in [-0.3, -0.25) is 4.79 Å². The number of benzene rings is 1. The largest absolute Gasteiger partial charge is 0.497 e. The molecule has 0 radical (unpaired) electrons. The highest BCUT2D eigenvalue weighted by molar-refractivity contribution is 7.89. The zero-order chi connectivity index (χ0) is 19.6. The number of nitrogens with zero attached hydrogens (tertiary/aromatic N) is 1. The van der Waals surface area contributed by atoms with Crippen molar-refractivity contribution in [1.29, 1.82) is 0 Å². The molecule has 1 aromatic carbocycles. The van der Waals surface area contributed by atoms with Crippen molar-refractivity contribution in [3.8, 4) is 11.5 Å². The third kappa shape index (κ3) is 7.19. The van der Waals surface area contributed by atoms with E-state index in [0.717, 1.165) is 13.1 Å². The first-order chi connectivity index (χ1) is 12.4. The Bertz CT molecular complexity index is 675. The molecule has 0 aliphatic rings. The van der Waals surface area contributed by atoms with Crippen LogP contribution in [0.1, 0.15) is 24.2 Å². The van der Waals surface area contributed by atoms with E-state index in [0.29, 0.717) is 30.2 Å². The molecule has 8 nitrogen and oxygen atoms in total. The van der Waals surface area contributed by atoms with Crippen LogP contribution in [0.5, 0.6) is 11.5 Å². The molecule has 2 N–H and O–H groups in total. The Morgan fingerprint density at radius 2 is 1.81 bits per heavy atom. The number of nitrogens with one attached hydrogen (secondary N) is 2. The summed E-state index contributed by atoms with van der Waals surface area (Å²) >= 11 is 0. The van der Waals surface area contributed by atoms with E-state index in [9.17, 15) is 13.2 Å². The minimum atomic E-state index is -3.44. The van der Waals surface area contributed by atoms with E-state index >= 15 is 0 Å². The van der Waals surface area contributed by atoms with Crippen LogP contribution in [0.4, 0.5) is 0 Å². The van der Waals surface area contributed by atoms with E-state index in [2.05, 4.69) is 14.9 Å². The van der Waals surface area contributed by atoms with Gasteiger partial charge in [0.05, 0.1) is 25.5 Å². The molecule has 0 saturated carbocycles. The number of amides is 1. The molecule has 1 aromatic rings. The molecular formula is C17H29N3O5S. The predicted molar refractivity (Wildman–Crippen MR) is 101 cm³/mol. The number of methoxy groups -OCH3 is 2. The van der Waals surface area contributed by atoms with Crippen molar-refractivity contribution in [3.63, 3.8) is 0 Å². The van der Waals surface area contributed by atoms with E-state index in [1.54, 1.807) is 18.2 Å². The predicted octanol–water partition coefficient (Wildman–Crippen LogP) is 0.695. The van der Waals surface area contributed by atoms with E-state index in [4.69, 9.17) is 9.47 Å². The molecular weight excluding hydrogens is 358 g/mol. The first-order valence-corrected chi connectivity index (χ1v) is 10.2. The van der Waals surface area contributed by atoms with Gasteiger partial charge in [0.2, 0.25) is 10.0 Å². The molecule has 0 aromatic heterocycles. The number of carbonyl (C=O) groups excluding carboxylic acids is 1. The van der Waals surface area contributed by atoms with Crippen molar-refractivity contribution >= 4 is 15.9 Å². The Morgan fingerprint density at radius 1 is 1.12 bits per heavy atom. The van der Waals surface area contributed by atoms with Crippen molar-refractivity contribution in [2.45, 2.75) is 13.8 Å². The van der Waals surface area contributed by atoms with Gasteiger partial charge in [-0.2, -0.15) is 0 Å². The average Bonchev–Trinajstić information content (AvgIpc) is 2.64. The lowest BCUT2D eigenvalue weighted by molar-refractivity contribution is 0.0953. The van der Waals surface area contributed by atoms with Crippen LogP contribution in [0.25, 0.3) is 0 Å². The maximum absolute atomic E-state index is 12.2. The first kappa shape index (κ1) is 22.2. The number of carbonyl (C=O) groups is 1. The molecule has 148 valence electrons. The van der Waals surface area contributed by atoms with Gasteiger partial charge in [-0.1, -0.05) is 13.8 Å². The summed E-state index contributed by atoms with van der Waals surface area (Å²) in [6, 6.07) is 4.81. The second-order valence-electron chi connectivity index (χ2n) is 5.56. The smallest absolute Gasteiger partial charge is 0.255 e. The van der Waals surface area contributed by atoms with Gasteiger partial charge in [0.1, 0.15) is 11.5 Å². The van der Waals surface area contributed by atoms with Crippen molar-refractivity contribution < 1.29 is 22.7 Å². The van der Waals surface area contributed by atoms with Crippen LogP contribution in [0.15, 0.2) is 18.2 Å². The Hall–Kier alpha value is -1.84. The van der Waals surface area contributed by atoms with Gasteiger partial charge in [-0.05, 0) is 25.2 Å². The average molecular weight is 388 g/mol. The van der Waals surface area contributed by atoms with Gasteiger partial charge in [-0.25, -0.2) is 13.1 Å². The lowest BCUT2D eigenvalue weighted by Gasteiger charge is -2.18. The number of hydrogen-bond acceptors (Lipinski definition) is 6. The Kier molecular flexibility index (Phi) is 9.39. The van der Waals surface area contributed by atoms with Crippen LogP contribution in [-0.2, 0) is 10.0 Å². The molecule has 0 spiro atoms. The van der Waals surface area contributed by atoms with Crippen molar-refractivity contribution in [3.05, 3.63) is 23.8 Å². The fourth-order valence-electron chi connectivity index (χ4n) is 2.35. The maximum Gasteiger partial charge on any atom is 0.255 e. The van der Waals surface area contributed by atoms with Gasteiger partial charge in [0.15, 0.2) is 0 Å². The first-order valence-electron chi connectivity index (χ1n) is 8.56. The lowest BCUT2D eigenvalue weighted by Crippen LogP contribution is -2.38. The summed E-state index contributed by atoms with van der Waals surface area (Å²) in [6.07, 6.45) is 0. The van der Waals surface area contributed by atoms with Gasteiger partial charge < -0.3 is 19.7 Å². The molecule has 0 atom stereocenters. The van der Waals surface area contributed by atoms with Crippen LogP contribution >= 0.6 is 0 Å². The quantitative estimate of drug-likeness (QED) is 0.548. The molecule has 0 aliphatic carbocycles. The lowest BCUT2D eigenvalue weighted by atomic mass is 10.2. The molecule has 1 rings (SSSR count). The van der Waals surface area contributed by atoms with Gasteiger partial charge >= 0.3 is 0 Å². The summed E-state index contributed by atoms with van der Waals surface area (Å²) in [6.45, 7) is 6.82. The minimum absolute atomic E-state index is 0.00855. The van der Waals surface area contributed by atoms with Crippen molar-refractivity contribution in [1.82, 2.24) is 14.9 Å². The Balaban J connectivity index is 2.50. The summed E-state index contributed by atoms with van der Waals surface area (Å²) < 4.78 is 36.8. The topological polar surface area (TPSA) is 97.0 Å². The number of ether oxygens (including phenoxy) is 2. The van der Waals surface area contributed by atoms with Gasteiger partial charge in [-0.15, -0.1) is 0 Å². The molecule has 26 heavy (non-hydrogen) atoms. The number of sulfonamides is 1. The van der Waals surface area contributed by atoms with Crippen molar-refractivity contribution in [2.24, 2.45) is 0 Å².